The Labute approximate surface area is 115 Å². The van der Waals surface area contributed by atoms with Gasteiger partial charge in [-0.15, -0.1) is 0 Å². The molecule has 4 heteroatoms. The summed E-state index contributed by atoms with van der Waals surface area (Å²) in [6, 6.07) is 0.0468. The topological polar surface area (TPSA) is 49.4 Å². The molecule has 0 bridgehead atoms. The van der Waals surface area contributed by atoms with Crippen molar-refractivity contribution >= 4 is 11.8 Å². The summed E-state index contributed by atoms with van der Waals surface area (Å²) >= 11 is 0. The molecule has 1 saturated carbocycles. The predicted molar refractivity (Wildman–Crippen MR) is 74.6 cm³/mol. The molecule has 1 atom stereocenters. The predicted octanol–water partition coefficient (Wildman–Crippen LogP) is 2.08. The summed E-state index contributed by atoms with van der Waals surface area (Å²) in [5, 5.41) is 2.70. The Balaban J connectivity index is 1.99. The van der Waals surface area contributed by atoms with Crippen LogP contribution >= 0.6 is 0 Å². The van der Waals surface area contributed by atoms with Gasteiger partial charge < -0.3 is 10.2 Å². The van der Waals surface area contributed by atoms with Crippen LogP contribution in [0.1, 0.15) is 58.8 Å². The molecular weight excluding hydrogens is 240 g/mol. The Bertz CT molecular complexity index is 335. The fourth-order valence-corrected chi connectivity index (χ4v) is 3.63. The number of hydrogen-bond donors (Lipinski definition) is 1. The lowest BCUT2D eigenvalue weighted by atomic mass is 9.82. The van der Waals surface area contributed by atoms with Gasteiger partial charge in [0.05, 0.1) is 6.54 Å². The number of nitrogens with zero attached hydrogens (tertiary/aromatic N) is 1. The first-order chi connectivity index (χ1) is 9.17. The van der Waals surface area contributed by atoms with Gasteiger partial charge >= 0.3 is 0 Å². The van der Waals surface area contributed by atoms with E-state index in [1.54, 1.807) is 0 Å². The fraction of sp³-hybridized carbons (Fsp3) is 0.867. The number of carbonyl (C=O) groups is 2. The lowest BCUT2D eigenvalue weighted by molar-refractivity contribution is -0.149. The van der Waals surface area contributed by atoms with E-state index in [1.807, 2.05) is 11.8 Å². The largest absolute Gasteiger partial charge is 0.345 e. The van der Waals surface area contributed by atoms with E-state index in [9.17, 15) is 9.59 Å². The smallest absolute Gasteiger partial charge is 0.243 e. The Morgan fingerprint density at radius 3 is 2.42 bits per heavy atom. The summed E-state index contributed by atoms with van der Waals surface area (Å²) in [5.74, 6) is 0.957. The number of carbonyl (C=O) groups excluding carboxylic acids is 2. The molecule has 1 N–H and O–H groups in total. The molecule has 2 aliphatic rings. The summed E-state index contributed by atoms with van der Waals surface area (Å²) in [7, 11) is 0. The molecule has 1 heterocycles. The quantitative estimate of drug-likeness (QED) is 0.847. The van der Waals surface area contributed by atoms with Crippen molar-refractivity contribution in [2.75, 3.05) is 6.54 Å². The Kier molecular flexibility index (Phi) is 4.83. The van der Waals surface area contributed by atoms with Gasteiger partial charge in [0, 0.05) is 6.04 Å². The van der Waals surface area contributed by atoms with Gasteiger partial charge in [0.2, 0.25) is 11.8 Å². The van der Waals surface area contributed by atoms with E-state index in [2.05, 4.69) is 12.2 Å². The average Bonchev–Trinajstić information content (AvgIpc) is 2.42. The van der Waals surface area contributed by atoms with Crippen LogP contribution in [0.2, 0.25) is 0 Å². The molecule has 2 fully saturated rings. The van der Waals surface area contributed by atoms with Crippen LogP contribution in [0.25, 0.3) is 0 Å². The molecule has 2 rings (SSSR count). The maximum Gasteiger partial charge on any atom is 0.243 e. The fourth-order valence-electron chi connectivity index (χ4n) is 3.63. The zero-order chi connectivity index (χ0) is 13.8. The zero-order valence-corrected chi connectivity index (χ0v) is 12.2. The second-order valence-electron chi connectivity index (χ2n) is 5.91. The second-order valence-corrected chi connectivity index (χ2v) is 5.91. The Morgan fingerprint density at radius 1 is 1.16 bits per heavy atom. The molecule has 108 valence electrons. The minimum absolute atomic E-state index is 0.0257. The highest BCUT2D eigenvalue weighted by molar-refractivity contribution is 5.94. The monoisotopic (exact) mass is 266 g/mol. The average molecular weight is 266 g/mol. The summed E-state index contributed by atoms with van der Waals surface area (Å²) in [6.45, 7) is 4.40. The van der Waals surface area contributed by atoms with Gasteiger partial charge in [-0.3, -0.25) is 9.59 Å². The van der Waals surface area contributed by atoms with Gasteiger partial charge in [0.25, 0.3) is 0 Å². The number of piperazine rings is 1. The third-order valence-electron chi connectivity index (χ3n) is 4.63. The number of amides is 2. The van der Waals surface area contributed by atoms with Crippen LogP contribution in [0.4, 0.5) is 0 Å². The lowest BCUT2D eigenvalue weighted by Crippen LogP contribution is -2.61. The second kappa shape index (κ2) is 6.40. The first-order valence-corrected chi connectivity index (χ1v) is 7.76. The van der Waals surface area contributed by atoms with Crippen LogP contribution in [0.15, 0.2) is 0 Å². The molecule has 0 aromatic carbocycles. The molecule has 0 aromatic heterocycles. The molecule has 1 unspecified atom stereocenters. The summed E-state index contributed by atoms with van der Waals surface area (Å²) in [6.07, 6.45) is 7.82. The van der Waals surface area contributed by atoms with Crippen LogP contribution in [0, 0.1) is 5.92 Å². The summed E-state index contributed by atoms with van der Waals surface area (Å²) in [5.41, 5.74) is 0. The first-order valence-electron chi connectivity index (χ1n) is 7.76. The van der Waals surface area contributed by atoms with Crippen molar-refractivity contribution in [2.45, 2.75) is 70.9 Å². The Hall–Kier alpha value is -1.06. The third kappa shape index (κ3) is 3.10. The lowest BCUT2D eigenvalue weighted by Gasteiger charge is -2.43. The molecule has 0 radical (unpaired) electrons. The standard InChI is InChI=1S/C15H26N2O2/c1-3-5-11-6-8-12(9-7-11)17-13(4-2)15(19)16-10-14(17)18/h11-13H,3-10H2,1-2H3,(H,16,19). The van der Waals surface area contributed by atoms with E-state index in [1.165, 1.54) is 25.7 Å². The highest BCUT2D eigenvalue weighted by atomic mass is 16.2. The van der Waals surface area contributed by atoms with E-state index in [0.29, 0.717) is 6.42 Å². The van der Waals surface area contributed by atoms with Crippen LogP contribution in [0.5, 0.6) is 0 Å². The van der Waals surface area contributed by atoms with E-state index >= 15 is 0 Å². The highest BCUT2D eigenvalue weighted by Gasteiger charge is 2.38. The van der Waals surface area contributed by atoms with Crippen molar-refractivity contribution < 1.29 is 9.59 Å². The maximum absolute atomic E-state index is 12.1. The highest BCUT2D eigenvalue weighted by Crippen LogP contribution is 2.32. The minimum atomic E-state index is -0.242. The maximum atomic E-state index is 12.1. The van der Waals surface area contributed by atoms with Crippen molar-refractivity contribution in [2.24, 2.45) is 5.92 Å². The Morgan fingerprint density at radius 2 is 1.84 bits per heavy atom. The van der Waals surface area contributed by atoms with Crippen molar-refractivity contribution in [3.8, 4) is 0 Å². The van der Waals surface area contributed by atoms with Crippen molar-refractivity contribution in [3.05, 3.63) is 0 Å². The van der Waals surface area contributed by atoms with Crippen molar-refractivity contribution in [1.29, 1.82) is 0 Å². The van der Waals surface area contributed by atoms with Crippen molar-refractivity contribution in [3.63, 3.8) is 0 Å². The molecule has 1 aliphatic heterocycles. The minimum Gasteiger partial charge on any atom is -0.345 e. The molecular formula is C15H26N2O2. The van der Waals surface area contributed by atoms with Crippen LogP contribution in [0.3, 0.4) is 0 Å². The van der Waals surface area contributed by atoms with E-state index in [0.717, 1.165) is 18.8 Å². The van der Waals surface area contributed by atoms with Gasteiger partial charge in [-0.2, -0.15) is 0 Å². The number of rotatable bonds is 4. The molecule has 4 nitrogen and oxygen atoms in total. The SMILES string of the molecule is CCCC1CCC(N2C(=O)CNC(=O)C2CC)CC1. The molecule has 1 saturated heterocycles. The van der Waals surface area contributed by atoms with Crippen LogP contribution in [-0.4, -0.2) is 35.3 Å². The van der Waals surface area contributed by atoms with E-state index in [4.69, 9.17) is 0 Å². The van der Waals surface area contributed by atoms with Gasteiger partial charge in [0.1, 0.15) is 6.04 Å². The third-order valence-corrected chi connectivity index (χ3v) is 4.63. The van der Waals surface area contributed by atoms with Gasteiger partial charge in [0.15, 0.2) is 0 Å². The summed E-state index contributed by atoms with van der Waals surface area (Å²) in [4.78, 5) is 25.9. The summed E-state index contributed by atoms with van der Waals surface area (Å²) < 4.78 is 0. The number of hydrogen-bond acceptors (Lipinski definition) is 2. The zero-order valence-electron chi connectivity index (χ0n) is 12.2. The van der Waals surface area contributed by atoms with Crippen LogP contribution in [-0.2, 0) is 9.59 Å². The molecule has 19 heavy (non-hydrogen) atoms. The van der Waals surface area contributed by atoms with Crippen molar-refractivity contribution in [1.82, 2.24) is 10.2 Å². The van der Waals surface area contributed by atoms with Gasteiger partial charge in [-0.1, -0.05) is 26.7 Å². The van der Waals surface area contributed by atoms with E-state index < -0.39 is 0 Å². The molecule has 2 amide bonds. The molecule has 0 spiro atoms. The normalized spacial score (nSPS) is 32.3. The van der Waals surface area contributed by atoms with Gasteiger partial charge in [-0.05, 0) is 38.0 Å². The van der Waals surface area contributed by atoms with E-state index in [-0.39, 0.29) is 30.4 Å². The molecule has 0 aromatic rings. The van der Waals surface area contributed by atoms with Gasteiger partial charge in [-0.25, -0.2) is 0 Å². The van der Waals surface area contributed by atoms with Crippen LogP contribution < -0.4 is 5.32 Å². The molecule has 1 aliphatic carbocycles. The first kappa shape index (κ1) is 14.4. The number of nitrogens with one attached hydrogen (secondary N) is 1.